The minimum atomic E-state index is 0.0587. The van der Waals surface area contributed by atoms with E-state index in [1.807, 2.05) is 24.3 Å². The van der Waals surface area contributed by atoms with E-state index in [-0.39, 0.29) is 12.5 Å². The van der Waals surface area contributed by atoms with Crippen LogP contribution in [-0.4, -0.2) is 17.6 Å². The second-order valence-corrected chi connectivity index (χ2v) is 5.58. The Morgan fingerprint density at radius 1 is 1.24 bits per heavy atom. The zero-order chi connectivity index (χ0) is 14.9. The SMILES string of the molecule is O=C(CC1CCCCC1)Nc1ccccc1C#CCCO. The van der Waals surface area contributed by atoms with Crippen molar-refractivity contribution in [2.75, 3.05) is 11.9 Å². The van der Waals surface area contributed by atoms with Gasteiger partial charge in [-0.3, -0.25) is 4.79 Å². The van der Waals surface area contributed by atoms with Crippen molar-refractivity contribution in [3.05, 3.63) is 29.8 Å². The summed E-state index contributed by atoms with van der Waals surface area (Å²) in [5, 5.41) is 11.7. The van der Waals surface area contributed by atoms with Gasteiger partial charge in [-0.15, -0.1) is 0 Å². The van der Waals surface area contributed by atoms with E-state index in [1.54, 1.807) is 0 Å². The molecule has 0 saturated heterocycles. The number of carbonyl (C=O) groups is 1. The molecule has 0 atom stereocenters. The fourth-order valence-electron chi connectivity index (χ4n) is 2.77. The molecule has 1 fully saturated rings. The van der Waals surface area contributed by atoms with E-state index in [4.69, 9.17) is 5.11 Å². The van der Waals surface area contributed by atoms with Crippen LogP contribution in [0.4, 0.5) is 5.69 Å². The number of nitrogens with one attached hydrogen (secondary N) is 1. The van der Waals surface area contributed by atoms with Gasteiger partial charge in [-0.25, -0.2) is 0 Å². The number of rotatable bonds is 4. The number of carbonyl (C=O) groups excluding carboxylic acids is 1. The Morgan fingerprint density at radius 2 is 2.00 bits per heavy atom. The summed E-state index contributed by atoms with van der Waals surface area (Å²) in [4.78, 5) is 12.2. The molecular weight excluding hydrogens is 262 g/mol. The zero-order valence-corrected chi connectivity index (χ0v) is 12.4. The molecule has 1 aliphatic rings. The van der Waals surface area contributed by atoms with E-state index in [0.717, 1.165) is 11.3 Å². The lowest BCUT2D eigenvalue weighted by molar-refractivity contribution is -0.117. The van der Waals surface area contributed by atoms with Crippen molar-refractivity contribution >= 4 is 11.6 Å². The largest absolute Gasteiger partial charge is 0.395 e. The van der Waals surface area contributed by atoms with Crippen molar-refractivity contribution in [1.29, 1.82) is 0 Å². The summed E-state index contributed by atoms with van der Waals surface area (Å²) in [5.41, 5.74) is 1.58. The molecule has 0 bridgehead atoms. The van der Waals surface area contributed by atoms with Gasteiger partial charge >= 0.3 is 0 Å². The van der Waals surface area contributed by atoms with Crippen LogP contribution in [0.15, 0.2) is 24.3 Å². The number of hydrogen-bond donors (Lipinski definition) is 2. The maximum atomic E-state index is 12.2. The van der Waals surface area contributed by atoms with E-state index in [2.05, 4.69) is 17.2 Å². The Bertz CT molecular complexity index is 522. The Balaban J connectivity index is 1.95. The fourth-order valence-corrected chi connectivity index (χ4v) is 2.77. The molecule has 0 aromatic heterocycles. The smallest absolute Gasteiger partial charge is 0.224 e. The predicted octanol–water partition coefficient (Wildman–Crippen LogP) is 3.33. The van der Waals surface area contributed by atoms with Gasteiger partial charge < -0.3 is 10.4 Å². The van der Waals surface area contributed by atoms with Gasteiger partial charge in [0.2, 0.25) is 5.91 Å². The van der Waals surface area contributed by atoms with Crippen molar-refractivity contribution in [2.45, 2.75) is 44.9 Å². The molecule has 1 amide bonds. The predicted molar refractivity (Wildman–Crippen MR) is 84.8 cm³/mol. The molecule has 21 heavy (non-hydrogen) atoms. The second-order valence-electron chi connectivity index (χ2n) is 5.58. The maximum Gasteiger partial charge on any atom is 0.224 e. The summed E-state index contributed by atoms with van der Waals surface area (Å²) in [6.45, 7) is 0.0587. The van der Waals surface area contributed by atoms with Crippen LogP contribution in [0.1, 0.15) is 50.5 Å². The van der Waals surface area contributed by atoms with Gasteiger partial charge in [0.25, 0.3) is 0 Å². The number of benzene rings is 1. The average molecular weight is 285 g/mol. The van der Waals surface area contributed by atoms with Crippen LogP contribution in [0.3, 0.4) is 0 Å². The monoisotopic (exact) mass is 285 g/mol. The lowest BCUT2D eigenvalue weighted by atomic mass is 9.87. The molecule has 112 valence electrons. The topological polar surface area (TPSA) is 49.3 Å². The molecule has 3 nitrogen and oxygen atoms in total. The molecule has 2 N–H and O–H groups in total. The number of para-hydroxylation sites is 1. The third-order valence-electron chi connectivity index (χ3n) is 3.86. The standard InChI is InChI=1S/C18H23NO2/c20-13-7-6-11-16-10-4-5-12-17(16)19-18(21)14-15-8-2-1-3-9-15/h4-5,10,12,15,20H,1-3,7-9,13-14H2,(H,19,21). The third-order valence-corrected chi connectivity index (χ3v) is 3.86. The lowest BCUT2D eigenvalue weighted by Crippen LogP contribution is -2.18. The molecule has 0 aliphatic heterocycles. The fraction of sp³-hybridized carbons (Fsp3) is 0.500. The second kappa shape index (κ2) is 8.49. The molecule has 1 aromatic carbocycles. The molecule has 0 unspecified atom stereocenters. The molecular formula is C18H23NO2. The molecule has 0 radical (unpaired) electrons. The van der Waals surface area contributed by atoms with Gasteiger partial charge in [0, 0.05) is 18.4 Å². The maximum absolute atomic E-state index is 12.2. The first kappa shape index (κ1) is 15.6. The minimum absolute atomic E-state index is 0.0587. The van der Waals surface area contributed by atoms with Crippen molar-refractivity contribution in [3.8, 4) is 11.8 Å². The van der Waals surface area contributed by atoms with Crippen LogP contribution in [0.25, 0.3) is 0 Å². The number of aliphatic hydroxyl groups is 1. The van der Waals surface area contributed by atoms with E-state index in [9.17, 15) is 4.79 Å². The molecule has 1 saturated carbocycles. The summed E-state index contributed by atoms with van der Waals surface area (Å²) in [5.74, 6) is 6.51. The summed E-state index contributed by atoms with van der Waals surface area (Å²) < 4.78 is 0. The van der Waals surface area contributed by atoms with E-state index < -0.39 is 0 Å². The first-order chi connectivity index (χ1) is 10.3. The highest BCUT2D eigenvalue weighted by Gasteiger charge is 2.17. The van der Waals surface area contributed by atoms with Gasteiger partial charge in [-0.05, 0) is 30.9 Å². The van der Waals surface area contributed by atoms with E-state index in [1.165, 1.54) is 32.1 Å². The van der Waals surface area contributed by atoms with Crippen LogP contribution >= 0.6 is 0 Å². The van der Waals surface area contributed by atoms with Gasteiger partial charge in [0.05, 0.1) is 12.3 Å². The van der Waals surface area contributed by atoms with Gasteiger partial charge in [0.1, 0.15) is 0 Å². The number of amides is 1. The van der Waals surface area contributed by atoms with Crippen molar-refractivity contribution in [2.24, 2.45) is 5.92 Å². The van der Waals surface area contributed by atoms with Crippen LogP contribution in [0.5, 0.6) is 0 Å². The third kappa shape index (κ3) is 5.24. The molecule has 3 heteroatoms. The van der Waals surface area contributed by atoms with Gasteiger partial charge in [-0.1, -0.05) is 43.2 Å². The van der Waals surface area contributed by atoms with Crippen molar-refractivity contribution in [1.82, 2.24) is 0 Å². The molecule has 0 spiro atoms. The van der Waals surface area contributed by atoms with Crippen molar-refractivity contribution < 1.29 is 9.90 Å². The highest BCUT2D eigenvalue weighted by Crippen LogP contribution is 2.26. The van der Waals surface area contributed by atoms with Gasteiger partial charge in [0.15, 0.2) is 0 Å². The first-order valence-corrected chi connectivity index (χ1v) is 7.78. The highest BCUT2D eigenvalue weighted by atomic mass is 16.2. The Kier molecular flexibility index (Phi) is 6.30. The van der Waals surface area contributed by atoms with Crippen molar-refractivity contribution in [3.63, 3.8) is 0 Å². The Labute approximate surface area is 126 Å². The zero-order valence-electron chi connectivity index (χ0n) is 12.4. The number of hydrogen-bond acceptors (Lipinski definition) is 2. The quantitative estimate of drug-likeness (QED) is 0.834. The molecule has 2 rings (SSSR count). The lowest BCUT2D eigenvalue weighted by Gasteiger charge is -2.21. The summed E-state index contributed by atoms with van der Waals surface area (Å²) in [6.07, 6.45) is 7.21. The molecule has 1 aliphatic carbocycles. The van der Waals surface area contributed by atoms with E-state index in [0.29, 0.717) is 18.8 Å². The normalized spacial score (nSPS) is 15.1. The number of aliphatic hydroxyl groups excluding tert-OH is 1. The average Bonchev–Trinajstić information content (AvgIpc) is 2.50. The summed E-state index contributed by atoms with van der Waals surface area (Å²) in [6, 6.07) is 7.57. The molecule has 0 heterocycles. The Hall–Kier alpha value is -1.79. The van der Waals surface area contributed by atoms with Crippen LogP contribution in [-0.2, 0) is 4.79 Å². The van der Waals surface area contributed by atoms with Crippen LogP contribution < -0.4 is 5.32 Å². The Morgan fingerprint density at radius 3 is 2.76 bits per heavy atom. The summed E-state index contributed by atoms with van der Waals surface area (Å²) >= 11 is 0. The highest BCUT2D eigenvalue weighted by molar-refractivity contribution is 5.92. The molecule has 1 aromatic rings. The van der Waals surface area contributed by atoms with E-state index >= 15 is 0 Å². The first-order valence-electron chi connectivity index (χ1n) is 7.78. The minimum Gasteiger partial charge on any atom is -0.395 e. The van der Waals surface area contributed by atoms with Crippen LogP contribution in [0, 0.1) is 17.8 Å². The van der Waals surface area contributed by atoms with Gasteiger partial charge in [-0.2, -0.15) is 0 Å². The number of anilines is 1. The van der Waals surface area contributed by atoms with Crippen LogP contribution in [0.2, 0.25) is 0 Å². The summed E-state index contributed by atoms with van der Waals surface area (Å²) in [7, 11) is 0.